The third-order valence-corrected chi connectivity index (χ3v) is 6.04. The van der Waals surface area contributed by atoms with E-state index in [0.717, 1.165) is 0 Å². The van der Waals surface area contributed by atoms with Gasteiger partial charge in [0, 0.05) is 45.4 Å². The molecule has 0 aromatic carbocycles. The Labute approximate surface area is 172 Å². The molecule has 1 aromatic heterocycles. The summed E-state index contributed by atoms with van der Waals surface area (Å²) < 4.78 is 33.5. The third kappa shape index (κ3) is 4.93. The van der Waals surface area contributed by atoms with Crippen LogP contribution in [0.1, 0.15) is 18.2 Å². The van der Waals surface area contributed by atoms with Gasteiger partial charge in [0.15, 0.2) is 0 Å². The summed E-state index contributed by atoms with van der Waals surface area (Å²) in [5.74, 6) is 0.360. The molecule has 2 saturated heterocycles. The van der Waals surface area contributed by atoms with Crippen molar-refractivity contribution in [3.05, 3.63) is 32.6 Å². The Bertz CT molecular complexity index is 938. The first-order valence-electron chi connectivity index (χ1n) is 8.89. The van der Waals surface area contributed by atoms with E-state index in [-0.39, 0.29) is 13.0 Å². The van der Waals surface area contributed by atoms with Crippen LogP contribution in [0.4, 0.5) is 0 Å². The lowest BCUT2D eigenvalue weighted by Crippen LogP contribution is -2.33. The zero-order chi connectivity index (χ0) is 21.3. The molecule has 0 bridgehead atoms. The van der Waals surface area contributed by atoms with Crippen molar-refractivity contribution in [2.24, 2.45) is 4.76 Å². The van der Waals surface area contributed by atoms with Crippen LogP contribution in [-0.4, -0.2) is 76.2 Å². The first-order chi connectivity index (χ1) is 13.6. The van der Waals surface area contributed by atoms with Gasteiger partial charge in [-0.1, -0.05) is 0 Å². The molecule has 14 heteroatoms. The first-order valence-corrected chi connectivity index (χ1v) is 10.8. The minimum Gasteiger partial charge on any atom is -0.349 e. The summed E-state index contributed by atoms with van der Waals surface area (Å²) in [6.45, 7) is 2.64. The largest absolute Gasteiger partial charge is 0.454 e. The summed E-state index contributed by atoms with van der Waals surface area (Å²) in [5.41, 5.74) is -0.762. The van der Waals surface area contributed by atoms with Crippen molar-refractivity contribution in [2.45, 2.75) is 31.8 Å². The predicted molar refractivity (Wildman–Crippen MR) is 107 cm³/mol. The second kappa shape index (κ2) is 8.62. The van der Waals surface area contributed by atoms with E-state index in [4.69, 9.17) is 13.4 Å². The SMILES string of the molecule is Cc1cn([C@H]2CC(OS)[C@@H](COP(=O)(O)N=C3N(C)CCN3C)O2)c(=O)[nH]c1=O. The van der Waals surface area contributed by atoms with Crippen LogP contribution in [0.5, 0.6) is 0 Å². The number of hydrogen-bond acceptors (Lipinski definition) is 7. The van der Waals surface area contributed by atoms with E-state index in [2.05, 4.69) is 22.7 Å². The normalized spacial score (nSPS) is 26.8. The number of aryl methyl sites for hydroxylation is 1. The van der Waals surface area contributed by atoms with E-state index in [1.54, 1.807) is 30.8 Å². The number of aromatic amines is 1. The molecule has 12 nitrogen and oxygen atoms in total. The van der Waals surface area contributed by atoms with Gasteiger partial charge in [0.05, 0.1) is 6.61 Å². The summed E-state index contributed by atoms with van der Waals surface area (Å²) in [7, 11) is -0.762. The molecule has 0 aliphatic carbocycles. The van der Waals surface area contributed by atoms with Crippen LogP contribution >= 0.6 is 20.7 Å². The highest BCUT2D eigenvalue weighted by molar-refractivity contribution is 7.75. The van der Waals surface area contributed by atoms with Gasteiger partial charge in [-0.25, -0.2) is 9.36 Å². The van der Waals surface area contributed by atoms with Gasteiger partial charge < -0.3 is 23.6 Å². The molecular formula is C15H24N5O7PS. The number of guanidine groups is 1. The minimum atomic E-state index is -4.29. The molecule has 162 valence electrons. The second-order valence-electron chi connectivity index (χ2n) is 7.02. The standard InChI is InChI=1S/C15H24N5O7PS/c1-9-7-20(15(22)16-13(9)21)12-6-10(27-29)11(26-12)8-25-28(23,24)17-14-18(2)4-5-19(14)3/h7,10-12,29H,4-6,8H2,1-3H3,(H,23,24)(H,16,21,22)/t10?,11-,12-/m1/s1. The Kier molecular flexibility index (Phi) is 6.56. The lowest BCUT2D eigenvalue weighted by atomic mass is 10.2. The van der Waals surface area contributed by atoms with Crippen molar-refractivity contribution in [2.75, 3.05) is 33.8 Å². The maximum atomic E-state index is 12.4. The van der Waals surface area contributed by atoms with Crippen molar-refractivity contribution >= 4 is 26.6 Å². The maximum Gasteiger partial charge on any atom is 0.454 e. The van der Waals surface area contributed by atoms with Gasteiger partial charge in [0.25, 0.3) is 5.56 Å². The van der Waals surface area contributed by atoms with Crippen LogP contribution < -0.4 is 11.2 Å². The number of aromatic nitrogens is 2. The van der Waals surface area contributed by atoms with Crippen molar-refractivity contribution < 1.29 is 22.9 Å². The Hall–Kier alpha value is -1.63. The van der Waals surface area contributed by atoms with Crippen molar-refractivity contribution in [1.82, 2.24) is 19.4 Å². The van der Waals surface area contributed by atoms with Gasteiger partial charge in [-0.15, -0.1) is 4.76 Å². The fourth-order valence-corrected chi connectivity index (χ4v) is 4.34. The summed E-state index contributed by atoms with van der Waals surface area (Å²) in [6.07, 6.45) is -0.499. The smallest absolute Gasteiger partial charge is 0.349 e. The highest BCUT2D eigenvalue weighted by Crippen LogP contribution is 2.45. The molecule has 4 atom stereocenters. The Morgan fingerprint density at radius 2 is 2.03 bits per heavy atom. The molecule has 2 N–H and O–H groups in total. The minimum absolute atomic E-state index is 0.235. The lowest BCUT2D eigenvalue weighted by molar-refractivity contribution is -0.0363. The second-order valence-corrected chi connectivity index (χ2v) is 8.67. The number of thiol groups is 1. The number of rotatable bonds is 6. The molecule has 3 rings (SSSR count). The average molecular weight is 449 g/mol. The number of nitrogens with one attached hydrogen (secondary N) is 1. The third-order valence-electron chi connectivity index (χ3n) is 4.85. The van der Waals surface area contributed by atoms with Gasteiger partial charge in [0.1, 0.15) is 18.4 Å². The molecule has 2 aliphatic heterocycles. The summed E-state index contributed by atoms with van der Waals surface area (Å²) in [4.78, 5) is 39.4. The highest BCUT2D eigenvalue weighted by Gasteiger charge is 2.39. The maximum absolute atomic E-state index is 12.4. The van der Waals surface area contributed by atoms with Gasteiger partial charge >= 0.3 is 13.4 Å². The Morgan fingerprint density at radius 3 is 2.66 bits per heavy atom. The Morgan fingerprint density at radius 1 is 1.38 bits per heavy atom. The van der Waals surface area contributed by atoms with Crippen molar-refractivity contribution in [3.8, 4) is 0 Å². The van der Waals surface area contributed by atoms with Crippen LogP contribution in [0.25, 0.3) is 0 Å². The van der Waals surface area contributed by atoms with E-state index in [9.17, 15) is 19.0 Å². The molecule has 0 spiro atoms. The molecular weight excluding hydrogens is 425 g/mol. The van der Waals surface area contributed by atoms with Crippen LogP contribution in [0.2, 0.25) is 0 Å². The van der Waals surface area contributed by atoms with E-state index in [0.29, 0.717) is 24.6 Å². The molecule has 3 heterocycles. The number of nitrogens with zero attached hydrogens (tertiary/aromatic N) is 4. The summed E-state index contributed by atoms with van der Waals surface area (Å²) in [5, 5.41) is 0. The molecule has 29 heavy (non-hydrogen) atoms. The zero-order valence-corrected chi connectivity index (χ0v) is 18.0. The van der Waals surface area contributed by atoms with E-state index in [1.165, 1.54) is 10.8 Å². The Balaban J connectivity index is 1.70. The van der Waals surface area contributed by atoms with Crippen LogP contribution in [0, 0.1) is 6.92 Å². The highest BCUT2D eigenvalue weighted by atomic mass is 32.1. The van der Waals surface area contributed by atoms with Gasteiger partial charge in [-0.2, -0.15) is 0 Å². The number of likely N-dealkylation sites (N-methyl/N-ethyl adjacent to an activating group) is 2. The molecule has 0 radical (unpaired) electrons. The van der Waals surface area contributed by atoms with Crippen molar-refractivity contribution in [1.29, 1.82) is 0 Å². The molecule has 2 aliphatic rings. The van der Waals surface area contributed by atoms with E-state index < -0.39 is 37.4 Å². The number of hydrogen-bond donors (Lipinski definition) is 3. The van der Waals surface area contributed by atoms with Crippen molar-refractivity contribution in [3.63, 3.8) is 0 Å². The quantitative estimate of drug-likeness (QED) is 0.304. The van der Waals surface area contributed by atoms with E-state index >= 15 is 0 Å². The average Bonchev–Trinajstić information content (AvgIpc) is 3.21. The van der Waals surface area contributed by atoms with Crippen LogP contribution in [0.15, 0.2) is 20.5 Å². The van der Waals surface area contributed by atoms with Gasteiger partial charge in [-0.05, 0) is 19.8 Å². The zero-order valence-electron chi connectivity index (χ0n) is 16.2. The number of H-pyrrole nitrogens is 1. The fraction of sp³-hybridized carbons (Fsp3) is 0.667. The molecule has 0 saturated carbocycles. The van der Waals surface area contributed by atoms with Gasteiger partial charge in [0.2, 0.25) is 5.96 Å². The van der Waals surface area contributed by atoms with Crippen LogP contribution in [-0.2, 0) is 18.0 Å². The fourth-order valence-electron chi connectivity index (χ4n) is 3.19. The topological polar surface area (TPSA) is 139 Å². The van der Waals surface area contributed by atoms with Gasteiger partial charge in [-0.3, -0.25) is 18.9 Å². The predicted octanol–water partition coefficient (Wildman–Crippen LogP) is -0.287. The number of ether oxygens (including phenoxy) is 1. The first kappa shape index (κ1) is 22.1. The monoisotopic (exact) mass is 449 g/mol. The molecule has 0 amide bonds. The summed E-state index contributed by atoms with van der Waals surface area (Å²) in [6, 6.07) is 0. The molecule has 1 aromatic rings. The molecule has 2 unspecified atom stereocenters. The summed E-state index contributed by atoms with van der Waals surface area (Å²) >= 11 is 3.82. The van der Waals surface area contributed by atoms with Crippen LogP contribution in [0.3, 0.4) is 0 Å². The van der Waals surface area contributed by atoms with E-state index in [1.807, 2.05) is 0 Å². The molecule has 2 fully saturated rings. The lowest BCUT2D eigenvalue weighted by Gasteiger charge is -2.20.